The second-order valence-corrected chi connectivity index (χ2v) is 4.16. The minimum atomic E-state index is -0.0731. The fourth-order valence-electron chi connectivity index (χ4n) is 1.23. The number of nitrogens with zero attached hydrogens (tertiary/aromatic N) is 1. The van der Waals surface area contributed by atoms with Crippen molar-refractivity contribution in [3.05, 3.63) is 0 Å². The molecule has 0 aromatic carbocycles. The Balaban J connectivity index is 3.65. The van der Waals surface area contributed by atoms with Gasteiger partial charge in [-0.1, -0.05) is 26.2 Å². The average Bonchev–Trinajstić information content (AvgIpc) is 2.14. The van der Waals surface area contributed by atoms with E-state index in [2.05, 4.69) is 13.0 Å². The van der Waals surface area contributed by atoms with E-state index < -0.39 is 0 Å². The van der Waals surface area contributed by atoms with Crippen molar-refractivity contribution in [3.63, 3.8) is 0 Å². The molecule has 0 rings (SSSR count). The van der Waals surface area contributed by atoms with E-state index in [0.29, 0.717) is 12.3 Å². The lowest BCUT2D eigenvalue weighted by Crippen LogP contribution is -2.13. The highest BCUT2D eigenvalue weighted by atomic mass is 35.5. The lowest BCUT2D eigenvalue weighted by atomic mass is 9.99. The van der Waals surface area contributed by atoms with Crippen LogP contribution in [0.4, 0.5) is 0 Å². The van der Waals surface area contributed by atoms with Crippen molar-refractivity contribution in [2.75, 3.05) is 5.88 Å². The summed E-state index contributed by atoms with van der Waals surface area (Å²) in [7, 11) is 0. The lowest BCUT2D eigenvalue weighted by molar-refractivity contribution is 0.537. The third-order valence-electron chi connectivity index (χ3n) is 2.11. The fourth-order valence-corrected chi connectivity index (χ4v) is 1.81. The zero-order valence-corrected chi connectivity index (χ0v) is 9.61. The van der Waals surface area contributed by atoms with Gasteiger partial charge in [0.2, 0.25) is 0 Å². The van der Waals surface area contributed by atoms with Crippen LogP contribution < -0.4 is 0 Å². The second kappa shape index (κ2) is 8.66. The summed E-state index contributed by atoms with van der Waals surface area (Å²) in [5.41, 5.74) is 0. The van der Waals surface area contributed by atoms with Gasteiger partial charge in [-0.05, 0) is 12.8 Å². The highest BCUT2D eigenvalue weighted by molar-refractivity contribution is 6.21. The van der Waals surface area contributed by atoms with Gasteiger partial charge in [-0.2, -0.15) is 5.26 Å². The van der Waals surface area contributed by atoms with Crippen molar-refractivity contribution in [2.24, 2.45) is 5.92 Å². The predicted molar refractivity (Wildman–Crippen MR) is 58.2 cm³/mol. The molecule has 0 aliphatic heterocycles. The Hall–Kier alpha value is 0.0700. The molecule has 2 atom stereocenters. The third kappa shape index (κ3) is 6.18. The van der Waals surface area contributed by atoms with Crippen LogP contribution in [-0.2, 0) is 0 Å². The van der Waals surface area contributed by atoms with Crippen molar-refractivity contribution < 1.29 is 0 Å². The summed E-state index contributed by atoms with van der Waals surface area (Å²) in [5.74, 6) is 0.450. The van der Waals surface area contributed by atoms with Gasteiger partial charge in [0.05, 0.1) is 12.0 Å². The maximum Gasteiger partial charge on any atom is 0.0671 e. The largest absolute Gasteiger partial charge is 0.198 e. The van der Waals surface area contributed by atoms with Gasteiger partial charge in [-0.15, -0.1) is 23.2 Å². The first-order valence-electron chi connectivity index (χ1n) is 4.85. The number of alkyl halides is 2. The molecule has 0 fully saturated rings. The summed E-state index contributed by atoms with van der Waals surface area (Å²) in [6.45, 7) is 2.16. The van der Waals surface area contributed by atoms with Crippen LogP contribution in [0.25, 0.3) is 0 Å². The van der Waals surface area contributed by atoms with E-state index in [4.69, 9.17) is 28.5 Å². The first-order chi connectivity index (χ1) is 6.26. The molecule has 0 aliphatic carbocycles. The summed E-state index contributed by atoms with van der Waals surface area (Å²) >= 11 is 11.7. The van der Waals surface area contributed by atoms with Crippen LogP contribution in [0.3, 0.4) is 0 Å². The summed E-state index contributed by atoms with van der Waals surface area (Å²) < 4.78 is 0. The fraction of sp³-hybridized carbons (Fsp3) is 0.900. The molecule has 0 N–H and O–H groups in total. The van der Waals surface area contributed by atoms with Gasteiger partial charge >= 0.3 is 0 Å². The smallest absolute Gasteiger partial charge is 0.0671 e. The Labute approximate surface area is 91.0 Å². The van der Waals surface area contributed by atoms with Crippen molar-refractivity contribution >= 4 is 23.2 Å². The van der Waals surface area contributed by atoms with E-state index in [1.165, 1.54) is 12.8 Å². The standard InChI is InChI=1S/C10H17Cl2N/c1-2-3-4-5-10(12)9(8-13)6-7-11/h9-10H,2-7H2,1H3. The Kier molecular flexibility index (Phi) is 8.71. The Bertz CT molecular complexity index is 153. The molecule has 76 valence electrons. The van der Waals surface area contributed by atoms with Crippen LogP contribution in [0.1, 0.15) is 39.0 Å². The molecule has 0 heterocycles. The normalized spacial score (nSPS) is 14.9. The molecule has 1 nitrogen and oxygen atoms in total. The minimum Gasteiger partial charge on any atom is -0.198 e. The average molecular weight is 222 g/mol. The maximum atomic E-state index is 8.79. The Morgan fingerprint density at radius 3 is 2.46 bits per heavy atom. The summed E-state index contributed by atoms with van der Waals surface area (Å²) in [6, 6.07) is 2.21. The predicted octanol–water partition coefficient (Wildman–Crippen LogP) is 3.94. The number of nitriles is 1. The molecule has 2 unspecified atom stereocenters. The quantitative estimate of drug-likeness (QED) is 0.472. The van der Waals surface area contributed by atoms with Crippen molar-refractivity contribution in [1.29, 1.82) is 5.26 Å². The van der Waals surface area contributed by atoms with Crippen LogP contribution in [0, 0.1) is 17.2 Å². The van der Waals surface area contributed by atoms with E-state index in [1.807, 2.05) is 0 Å². The van der Waals surface area contributed by atoms with Crippen LogP contribution in [0.15, 0.2) is 0 Å². The molecular weight excluding hydrogens is 205 g/mol. The number of halogens is 2. The minimum absolute atomic E-state index is 0.0182. The molecule has 0 aromatic rings. The zero-order valence-electron chi connectivity index (χ0n) is 8.10. The van der Waals surface area contributed by atoms with Crippen LogP contribution in [0.5, 0.6) is 0 Å². The topological polar surface area (TPSA) is 23.8 Å². The van der Waals surface area contributed by atoms with Gasteiger partial charge < -0.3 is 0 Å². The van der Waals surface area contributed by atoms with Crippen molar-refractivity contribution in [1.82, 2.24) is 0 Å². The van der Waals surface area contributed by atoms with E-state index in [9.17, 15) is 0 Å². The van der Waals surface area contributed by atoms with Gasteiger partial charge in [0, 0.05) is 11.3 Å². The first kappa shape index (κ1) is 13.1. The molecule has 13 heavy (non-hydrogen) atoms. The number of hydrogen-bond acceptors (Lipinski definition) is 1. The monoisotopic (exact) mass is 221 g/mol. The molecular formula is C10H17Cl2N. The first-order valence-corrected chi connectivity index (χ1v) is 5.83. The highest BCUT2D eigenvalue weighted by Gasteiger charge is 2.17. The second-order valence-electron chi connectivity index (χ2n) is 3.23. The number of unbranched alkanes of at least 4 members (excludes halogenated alkanes) is 2. The Morgan fingerprint density at radius 1 is 1.31 bits per heavy atom. The Morgan fingerprint density at radius 2 is 2.00 bits per heavy atom. The molecule has 0 amide bonds. The van der Waals surface area contributed by atoms with Crippen molar-refractivity contribution in [3.8, 4) is 6.07 Å². The molecule has 0 spiro atoms. The molecule has 0 radical (unpaired) electrons. The number of hydrogen-bond donors (Lipinski definition) is 0. The van der Waals surface area contributed by atoms with Crippen LogP contribution in [-0.4, -0.2) is 11.3 Å². The van der Waals surface area contributed by atoms with Gasteiger partial charge in [-0.25, -0.2) is 0 Å². The SMILES string of the molecule is CCCCCC(Cl)C(C#N)CCCl. The van der Waals surface area contributed by atoms with Gasteiger partial charge in [0.15, 0.2) is 0 Å². The molecule has 0 aliphatic rings. The summed E-state index contributed by atoms with van der Waals surface area (Å²) in [4.78, 5) is 0. The van der Waals surface area contributed by atoms with E-state index in [0.717, 1.165) is 12.8 Å². The lowest BCUT2D eigenvalue weighted by Gasteiger charge is -2.13. The molecule has 3 heteroatoms. The van der Waals surface area contributed by atoms with Gasteiger partial charge in [0.25, 0.3) is 0 Å². The van der Waals surface area contributed by atoms with Gasteiger partial charge in [0.1, 0.15) is 0 Å². The summed E-state index contributed by atoms with van der Waals surface area (Å²) in [6.07, 6.45) is 5.15. The molecule has 0 saturated heterocycles. The molecule has 0 saturated carbocycles. The summed E-state index contributed by atoms with van der Waals surface area (Å²) in [5, 5.41) is 8.77. The molecule has 0 aromatic heterocycles. The van der Waals surface area contributed by atoms with E-state index >= 15 is 0 Å². The van der Waals surface area contributed by atoms with Crippen LogP contribution >= 0.6 is 23.2 Å². The molecule has 0 bridgehead atoms. The maximum absolute atomic E-state index is 8.79. The van der Waals surface area contributed by atoms with E-state index in [1.54, 1.807) is 0 Å². The third-order valence-corrected chi connectivity index (χ3v) is 2.85. The highest BCUT2D eigenvalue weighted by Crippen LogP contribution is 2.20. The van der Waals surface area contributed by atoms with Crippen LogP contribution in [0.2, 0.25) is 0 Å². The van der Waals surface area contributed by atoms with Crippen molar-refractivity contribution in [2.45, 2.75) is 44.4 Å². The van der Waals surface area contributed by atoms with E-state index in [-0.39, 0.29) is 11.3 Å². The van der Waals surface area contributed by atoms with Gasteiger partial charge in [-0.3, -0.25) is 0 Å². The zero-order chi connectivity index (χ0) is 10.1. The number of rotatable bonds is 7.